The van der Waals surface area contributed by atoms with E-state index in [9.17, 15) is 9.50 Å². The van der Waals surface area contributed by atoms with Crippen molar-refractivity contribution in [3.63, 3.8) is 0 Å². The normalized spacial score (nSPS) is 18.8. The number of halogens is 1. The van der Waals surface area contributed by atoms with E-state index in [0.717, 1.165) is 16.8 Å². The SMILES string of the molecule is Cc1cc(F)ccc1[C@H](C)n1cc(CC2(O)CCOCC2)nn1. The number of nitrogens with zero attached hydrogens (tertiary/aromatic N) is 3. The number of rotatable bonds is 4. The maximum Gasteiger partial charge on any atom is 0.123 e. The molecule has 1 aromatic carbocycles. The van der Waals surface area contributed by atoms with Crippen molar-refractivity contribution < 1.29 is 14.2 Å². The summed E-state index contributed by atoms with van der Waals surface area (Å²) >= 11 is 0. The first-order chi connectivity index (χ1) is 11.0. The molecule has 0 spiro atoms. The van der Waals surface area contributed by atoms with Crippen LogP contribution in [0.15, 0.2) is 24.4 Å². The zero-order valence-corrected chi connectivity index (χ0v) is 13.5. The fourth-order valence-corrected chi connectivity index (χ4v) is 3.10. The summed E-state index contributed by atoms with van der Waals surface area (Å²) in [6, 6.07) is 4.72. The molecule has 6 heteroatoms. The molecule has 1 fully saturated rings. The van der Waals surface area contributed by atoms with Gasteiger partial charge in [0.25, 0.3) is 0 Å². The van der Waals surface area contributed by atoms with E-state index in [-0.39, 0.29) is 11.9 Å². The lowest BCUT2D eigenvalue weighted by Crippen LogP contribution is -2.38. The molecule has 1 atom stereocenters. The molecule has 124 valence electrons. The number of aliphatic hydroxyl groups is 1. The highest BCUT2D eigenvalue weighted by atomic mass is 19.1. The van der Waals surface area contributed by atoms with Crippen molar-refractivity contribution in [2.75, 3.05) is 13.2 Å². The molecular weight excluding hydrogens is 297 g/mol. The molecule has 2 heterocycles. The minimum Gasteiger partial charge on any atom is -0.389 e. The molecule has 0 aliphatic carbocycles. The highest BCUT2D eigenvalue weighted by Gasteiger charge is 2.31. The van der Waals surface area contributed by atoms with Gasteiger partial charge in [-0.15, -0.1) is 5.10 Å². The minimum atomic E-state index is -0.756. The highest BCUT2D eigenvalue weighted by molar-refractivity contribution is 5.29. The van der Waals surface area contributed by atoms with E-state index < -0.39 is 5.60 Å². The first kappa shape index (κ1) is 16.1. The second-order valence-corrected chi connectivity index (χ2v) is 6.38. The number of aryl methyl sites for hydroxylation is 1. The second-order valence-electron chi connectivity index (χ2n) is 6.38. The Morgan fingerprint density at radius 2 is 2.13 bits per heavy atom. The second kappa shape index (κ2) is 6.37. The van der Waals surface area contributed by atoms with Crippen molar-refractivity contribution in [2.45, 2.75) is 44.8 Å². The van der Waals surface area contributed by atoms with Crippen LogP contribution in [0.2, 0.25) is 0 Å². The molecular formula is C17H22FN3O2. The molecule has 0 bridgehead atoms. The smallest absolute Gasteiger partial charge is 0.123 e. The van der Waals surface area contributed by atoms with Crippen LogP contribution in [-0.2, 0) is 11.2 Å². The topological polar surface area (TPSA) is 60.2 Å². The van der Waals surface area contributed by atoms with E-state index in [2.05, 4.69) is 10.3 Å². The van der Waals surface area contributed by atoms with Gasteiger partial charge in [-0.25, -0.2) is 9.07 Å². The predicted molar refractivity (Wildman–Crippen MR) is 83.7 cm³/mol. The van der Waals surface area contributed by atoms with Gasteiger partial charge in [0.05, 0.1) is 17.3 Å². The van der Waals surface area contributed by atoms with Gasteiger partial charge < -0.3 is 9.84 Å². The molecule has 0 saturated carbocycles. The Balaban J connectivity index is 1.75. The van der Waals surface area contributed by atoms with Gasteiger partial charge in [-0.3, -0.25) is 0 Å². The van der Waals surface area contributed by atoms with Gasteiger partial charge in [0.15, 0.2) is 0 Å². The molecule has 2 aromatic rings. The third kappa shape index (κ3) is 3.59. The average Bonchev–Trinajstić information content (AvgIpc) is 2.95. The van der Waals surface area contributed by atoms with Crippen molar-refractivity contribution in [3.05, 3.63) is 47.0 Å². The average molecular weight is 319 g/mol. The van der Waals surface area contributed by atoms with Gasteiger partial charge in [0.2, 0.25) is 0 Å². The summed E-state index contributed by atoms with van der Waals surface area (Å²) in [4.78, 5) is 0. The van der Waals surface area contributed by atoms with Crippen LogP contribution in [0.25, 0.3) is 0 Å². The Labute approximate surface area is 135 Å². The molecule has 1 saturated heterocycles. The quantitative estimate of drug-likeness (QED) is 0.940. The maximum atomic E-state index is 13.2. The molecule has 1 aromatic heterocycles. The van der Waals surface area contributed by atoms with Gasteiger partial charge in [-0.05, 0) is 49.9 Å². The van der Waals surface area contributed by atoms with Crippen LogP contribution in [0.5, 0.6) is 0 Å². The van der Waals surface area contributed by atoms with Gasteiger partial charge in [0.1, 0.15) is 5.82 Å². The van der Waals surface area contributed by atoms with Crippen molar-refractivity contribution in [3.8, 4) is 0 Å². The van der Waals surface area contributed by atoms with Gasteiger partial charge in [-0.2, -0.15) is 0 Å². The molecule has 23 heavy (non-hydrogen) atoms. The highest BCUT2D eigenvalue weighted by Crippen LogP contribution is 2.26. The lowest BCUT2D eigenvalue weighted by atomic mass is 9.89. The van der Waals surface area contributed by atoms with E-state index in [0.29, 0.717) is 32.5 Å². The molecule has 1 aliphatic heterocycles. The summed E-state index contributed by atoms with van der Waals surface area (Å²) < 4.78 is 20.3. The van der Waals surface area contributed by atoms with Crippen LogP contribution in [0.4, 0.5) is 4.39 Å². The van der Waals surface area contributed by atoms with Crippen LogP contribution in [0, 0.1) is 12.7 Å². The zero-order chi connectivity index (χ0) is 16.4. The van der Waals surface area contributed by atoms with Crippen molar-refractivity contribution in [1.82, 2.24) is 15.0 Å². The van der Waals surface area contributed by atoms with E-state index in [1.165, 1.54) is 12.1 Å². The van der Waals surface area contributed by atoms with Crippen LogP contribution in [0.3, 0.4) is 0 Å². The third-order valence-corrected chi connectivity index (χ3v) is 4.57. The predicted octanol–water partition coefficient (Wildman–Crippen LogP) is 2.42. The Morgan fingerprint density at radius 1 is 1.39 bits per heavy atom. The van der Waals surface area contributed by atoms with Gasteiger partial charge in [-0.1, -0.05) is 11.3 Å². The minimum absolute atomic E-state index is 0.0406. The molecule has 5 nitrogen and oxygen atoms in total. The van der Waals surface area contributed by atoms with Crippen molar-refractivity contribution in [1.29, 1.82) is 0 Å². The molecule has 0 radical (unpaired) electrons. The third-order valence-electron chi connectivity index (χ3n) is 4.57. The monoisotopic (exact) mass is 319 g/mol. The summed E-state index contributed by atoms with van der Waals surface area (Å²) in [5.41, 5.74) is 1.90. The van der Waals surface area contributed by atoms with Gasteiger partial charge >= 0.3 is 0 Å². The van der Waals surface area contributed by atoms with E-state index in [1.54, 1.807) is 10.7 Å². The fraction of sp³-hybridized carbons (Fsp3) is 0.529. The summed E-state index contributed by atoms with van der Waals surface area (Å²) in [7, 11) is 0. The Bertz CT molecular complexity index is 680. The number of benzene rings is 1. The van der Waals surface area contributed by atoms with E-state index in [4.69, 9.17) is 4.74 Å². The van der Waals surface area contributed by atoms with E-state index >= 15 is 0 Å². The first-order valence-corrected chi connectivity index (χ1v) is 7.94. The summed E-state index contributed by atoms with van der Waals surface area (Å²) in [6.07, 6.45) is 3.57. The molecule has 3 rings (SSSR count). The number of hydrogen-bond donors (Lipinski definition) is 1. The molecule has 1 aliphatic rings. The standard InChI is InChI=1S/C17H22FN3O2/c1-12-9-14(18)3-4-16(12)13(2)21-11-15(19-20-21)10-17(22)5-7-23-8-6-17/h3-4,9,11,13,22H,5-8,10H2,1-2H3/t13-/m0/s1. The van der Waals surface area contributed by atoms with Crippen LogP contribution in [-0.4, -0.2) is 38.9 Å². The van der Waals surface area contributed by atoms with Crippen LogP contribution >= 0.6 is 0 Å². The summed E-state index contributed by atoms with van der Waals surface area (Å²) in [5.74, 6) is -0.237. The van der Waals surface area contributed by atoms with Gasteiger partial charge in [0, 0.05) is 25.8 Å². The Kier molecular flexibility index (Phi) is 4.46. The Hall–Kier alpha value is -1.79. The lowest BCUT2D eigenvalue weighted by molar-refractivity contribution is -0.0630. The van der Waals surface area contributed by atoms with E-state index in [1.807, 2.05) is 20.0 Å². The summed E-state index contributed by atoms with van der Waals surface area (Å²) in [5, 5.41) is 18.9. The Morgan fingerprint density at radius 3 is 2.83 bits per heavy atom. The number of hydrogen-bond acceptors (Lipinski definition) is 4. The largest absolute Gasteiger partial charge is 0.389 e. The molecule has 0 unspecified atom stereocenters. The molecule has 1 N–H and O–H groups in total. The number of ether oxygens (including phenoxy) is 1. The van der Waals surface area contributed by atoms with Crippen molar-refractivity contribution >= 4 is 0 Å². The fourth-order valence-electron chi connectivity index (χ4n) is 3.10. The summed E-state index contributed by atoms with van der Waals surface area (Å²) in [6.45, 7) is 5.05. The lowest BCUT2D eigenvalue weighted by Gasteiger charge is -2.31. The van der Waals surface area contributed by atoms with Crippen molar-refractivity contribution in [2.24, 2.45) is 0 Å². The number of aromatic nitrogens is 3. The first-order valence-electron chi connectivity index (χ1n) is 7.94. The van der Waals surface area contributed by atoms with Crippen LogP contribution in [0.1, 0.15) is 42.6 Å². The zero-order valence-electron chi connectivity index (χ0n) is 13.5. The molecule has 0 amide bonds. The van der Waals surface area contributed by atoms with Crippen LogP contribution < -0.4 is 0 Å². The maximum absolute atomic E-state index is 13.2.